The third kappa shape index (κ3) is 3.74. The molecule has 0 spiro atoms. The number of hydrogen-bond donors (Lipinski definition) is 2. The number of anilines is 1. The van der Waals surface area contributed by atoms with E-state index >= 15 is 0 Å². The Balaban J connectivity index is 1.89. The van der Waals surface area contributed by atoms with Crippen molar-refractivity contribution in [2.45, 2.75) is 0 Å². The molecular weight excluding hydrogens is 390 g/mol. The summed E-state index contributed by atoms with van der Waals surface area (Å²) in [4.78, 5) is 0. The quantitative estimate of drug-likeness (QED) is 0.484. The fourth-order valence-electron chi connectivity index (χ4n) is 3.16. The van der Waals surface area contributed by atoms with Gasteiger partial charge in [0.05, 0.1) is 29.8 Å². The van der Waals surface area contributed by atoms with Crippen molar-refractivity contribution in [1.29, 1.82) is 10.5 Å². The molecule has 8 nitrogen and oxygen atoms in total. The lowest BCUT2D eigenvalue weighted by molar-refractivity contribution is 0.415. The van der Waals surface area contributed by atoms with Gasteiger partial charge in [-0.1, -0.05) is 18.2 Å². The fraction of sp³-hybridized carbons (Fsp3) is 0.0435. The van der Waals surface area contributed by atoms with Gasteiger partial charge in [0, 0.05) is 17.3 Å². The van der Waals surface area contributed by atoms with Crippen LogP contribution in [0.4, 0.5) is 5.82 Å². The van der Waals surface area contributed by atoms with Crippen molar-refractivity contribution in [2.24, 2.45) is 0 Å². The zero-order chi connectivity index (χ0) is 21.8. The lowest BCUT2D eigenvalue weighted by Gasteiger charge is -2.03. The van der Waals surface area contributed by atoms with Gasteiger partial charge in [0.2, 0.25) is 0 Å². The second kappa shape index (κ2) is 8.27. The molecule has 150 valence electrons. The summed E-state index contributed by atoms with van der Waals surface area (Å²) in [6.45, 7) is 0. The Labute approximate surface area is 178 Å². The molecule has 0 aliphatic heterocycles. The van der Waals surface area contributed by atoms with Crippen LogP contribution in [0.5, 0.6) is 5.75 Å². The molecule has 3 N–H and O–H groups in total. The number of nitrogens with zero attached hydrogens (tertiary/aromatic N) is 5. The fourth-order valence-corrected chi connectivity index (χ4v) is 3.16. The maximum atomic E-state index is 9.76. The van der Waals surface area contributed by atoms with Crippen molar-refractivity contribution in [3.05, 3.63) is 77.6 Å². The second-order valence-electron chi connectivity index (χ2n) is 6.58. The normalized spacial score (nSPS) is 11.0. The molecule has 0 radical (unpaired) electrons. The zero-order valence-electron chi connectivity index (χ0n) is 16.6. The molecule has 0 aliphatic carbocycles. The van der Waals surface area contributed by atoms with E-state index in [1.807, 2.05) is 66.9 Å². The van der Waals surface area contributed by atoms with E-state index in [1.165, 1.54) is 0 Å². The molecule has 8 heteroatoms. The predicted molar refractivity (Wildman–Crippen MR) is 117 cm³/mol. The van der Waals surface area contributed by atoms with Crippen molar-refractivity contribution in [3.8, 4) is 34.8 Å². The van der Waals surface area contributed by atoms with Crippen LogP contribution in [0.3, 0.4) is 0 Å². The summed E-state index contributed by atoms with van der Waals surface area (Å²) in [7, 11) is 1.61. The minimum atomic E-state index is 0.0500. The Morgan fingerprint density at radius 1 is 1.13 bits per heavy atom. The molecule has 2 aromatic heterocycles. The average Bonchev–Trinajstić information content (AvgIpc) is 3.41. The number of aromatic nitrogens is 4. The number of rotatable bonds is 5. The summed E-state index contributed by atoms with van der Waals surface area (Å²) < 4.78 is 6.99. The van der Waals surface area contributed by atoms with Gasteiger partial charge in [-0.25, -0.2) is 4.68 Å². The molecule has 4 rings (SSSR count). The van der Waals surface area contributed by atoms with E-state index in [-0.39, 0.29) is 22.6 Å². The topological polar surface area (TPSA) is 129 Å². The van der Waals surface area contributed by atoms with E-state index in [9.17, 15) is 10.5 Å². The Hall–Kier alpha value is -4.82. The van der Waals surface area contributed by atoms with E-state index in [2.05, 4.69) is 16.3 Å². The van der Waals surface area contributed by atoms with Crippen molar-refractivity contribution < 1.29 is 4.74 Å². The number of aromatic amines is 1. The number of nitrogens with two attached hydrogens (primary N) is 1. The maximum absolute atomic E-state index is 9.76. The zero-order valence-corrected chi connectivity index (χ0v) is 16.6. The van der Waals surface area contributed by atoms with E-state index in [0.717, 1.165) is 17.0 Å². The number of allylic oxidation sites excluding steroid dienone is 1. The van der Waals surface area contributed by atoms with Gasteiger partial charge in [0.1, 0.15) is 23.5 Å². The van der Waals surface area contributed by atoms with E-state index in [0.29, 0.717) is 11.3 Å². The molecule has 2 aromatic carbocycles. The van der Waals surface area contributed by atoms with Gasteiger partial charge in [-0.05, 0) is 42.5 Å². The molecule has 0 saturated carbocycles. The van der Waals surface area contributed by atoms with Crippen LogP contribution in [0.25, 0.3) is 28.6 Å². The van der Waals surface area contributed by atoms with Crippen LogP contribution in [0, 0.1) is 22.7 Å². The lowest BCUT2D eigenvalue weighted by atomic mass is 10.0. The van der Waals surface area contributed by atoms with Crippen LogP contribution in [-0.4, -0.2) is 27.1 Å². The number of para-hydroxylation sites is 1. The summed E-state index contributed by atoms with van der Waals surface area (Å²) in [6.07, 6.45) is 3.50. The third-order valence-corrected chi connectivity index (χ3v) is 4.72. The summed E-state index contributed by atoms with van der Waals surface area (Å²) in [5.41, 5.74) is 9.46. The predicted octanol–water partition coefficient (Wildman–Crippen LogP) is 3.79. The van der Waals surface area contributed by atoms with E-state index in [4.69, 9.17) is 15.6 Å². The summed E-state index contributed by atoms with van der Waals surface area (Å²) in [5, 5.41) is 30.4. The third-order valence-electron chi connectivity index (χ3n) is 4.72. The Morgan fingerprint density at radius 3 is 2.52 bits per heavy atom. The van der Waals surface area contributed by atoms with Gasteiger partial charge >= 0.3 is 0 Å². The highest BCUT2D eigenvalue weighted by atomic mass is 16.5. The van der Waals surface area contributed by atoms with Crippen LogP contribution in [-0.2, 0) is 0 Å². The number of methoxy groups -OCH3 is 1. The first-order valence-electron chi connectivity index (χ1n) is 9.30. The highest BCUT2D eigenvalue weighted by molar-refractivity contribution is 5.93. The van der Waals surface area contributed by atoms with Crippen LogP contribution < -0.4 is 10.5 Å². The molecule has 0 unspecified atom stereocenters. The number of nitrogen functional groups attached to an aromatic ring is 1. The minimum absolute atomic E-state index is 0.0500. The Kier molecular flexibility index (Phi) is 5.20. The number of nitrogens with one attached hydrogen (secondary N) is 1. The molecule has 0 fully saturated rings. The number of ether oxygens (including phenoxy) is 1. The first-order chi connectivity index (χ1) is 15.1. The molecule has 2 heterocycles. The van der Waals surface area contributed by atoms with Gasteiger partial charge in [0.15, 0.2) is 5.82 Å². The first-order valence-corrected chi connectivity index (χ1v) is 9.30. The molecule has 0 saturated heterocycles. The van der Waals surface area contributed by atoms with Crippen LogP contribution in [0.2, 0.25) is 0 Å². The summed E-state index contributed by atoms with van der Waals surface area (Å²) in [5.74, 6) is 0.779. The Morgan fingerprint density at radius 2 is 1.87 bits per heavy atom. The highest BCUT2D eigenvalue weighted by Crippen LogP contribution is 2.30. The van der Waals surface area contributed by atoms with Crippen molar-refractivity contribution in [1.82, 2.24) is 20.0 Å². The average molecular weight is 407 g/mol. The van der Waals surface area contributed by atoms with Crippen molar-refractivity contribution in [3.63, 3.8) is 0 Å². The SMILES string of the molecule is COc1ccc(-c2nn(-c3ccccc3)cc2/C=C(/C#N)c2[nH]nc(N)c2C#N)cc1. The van der Waals surface area contributed by atoms with Gasteiger partial charge in [-0.15, -0.1) is 0 Å². The molecule has 0 aliphatic rings. The van der Waals surface area contributed by atoms with Crippen LogP contribution >= 0.6 is 0 Å². The van der Waals surface area contributed by atoms with E-state index < -0.39 is 0 Å². The highest BCUT2D eigenvalue weighted by Gasteiger charge is 2.17. The van der Waals surface area contributed by atoms with Crippen LogP contribution in [0.1, 0.15) is 16.8 Å². The molecule has 0 bridgehead atoms. The van der Waals surface area contributed by atoms with Crippen molar-refractivity contribution in [2.75, 3.05) is 12.8 Å². The van der Waals surface area contributed by atoms with Gasteiger partial charge in [-0.2, -0.15) is 20.7 Å². The number of H-pyrrole nitrogens is 1. The van der Waals surface area contributed by atoms with Gasteiger partial charge in [-0.3, -0.25) is 5.10 Å². The Bertz CT molecular complexity index is 1330. The monoisotopic (exact) mass is 407 g/mol. The van der Waals surface area contributed by atoms with Crippen LogP contribution in [0.15, 0.2) is 60.8 Å². The number of nitriles is 2. The standard InChI is InChI=1S/C23H17N7O/c1-31-19-9-7-15(8-10-19)21-17(14-30(29-21)18-5-3-2-4-6-18)11-16(12-24)22-20(13-25)23(26)28-27-22/h2-11,14H,1H3,(H3,26,27,28)/b16-11-. The minimum Gasteiger partial charge on any atom is -0.497 e. The van der Waals surface area contributed by atoms with E-state index in [1.54, 1.807) is 17.9 Å². The van der Waals surface area contributed by atoms with Gasteiger partial charge in [0.25, 0.3) is 0 Å². The summed E-state index contributed by atoms with van der Waals surface area (Å²) in [6, 6.07) is 21.3. The molecule has 0 atom stereocenters. The number of benzene rings is 2. The lowest BCUT2D eigenvalue weighted by Crippen LogP contribution is -1.94. The molecule has 4 aromatic rings. The second-order valence-corrected chi connectivity index (χ2v) is 6.58. The summed E-state index contributed by atoms with van der Waals surface area (Å²) >= 11 is 0. The maximum Gasteiger partial charge on any atom is 0.163 e. The van der Waals surface area contributed by atoms with Crippen molar-refractivity contribution >= 4 is 17.5 Å². The van der Waals surface area contributed by atoms with Gasteiger partial charge < -0.3 is 10.5 Å². The smallest absolute Gasteiger partial charge is 0.163 e. The molecule has 31 heavy (non-hydrogen) atoms. The molecular formula is C23H17N7O. The largest absolute Gasteiger partial charge is 0.497 e. The molecule has 0 amide bonds. The first kappa shape index (κ1) is 19.5. The number of hydrogen-bond acceptors (Lipinski definition) is 6.